The molecule has 35 heavy (non-hydrogen) atoms. The number of hydrogen-bond acceptors (Lipinski definition) is 8. The number of fused-ring (bicyclic) bond motifs is 1. The number of nitrogens with one attached hydrogen (secondary N) is 1. The Hall–Kier alpha value is -3.33. The fourth-order valence-electron chi connectivity index (χ4n) is 4.80. The first-order chi connectivity index (χ1) is 16.9. The molecular weight excluding hydrogens is 444 g/mol. The van der Waals surface area contributed by atoms with Crippen molar-refractivity contribution in [2.24, 2.45) is 0 Å². The van der Waals surface area contributed by atoms with Crippen LogP contribution < -0.4 is 15.6 Å². The molecule has 1 N–H and O–H groups in total. The predicted molar refractivity (Wildman–Crippen MR) is 137 cm³/mol. The zero-order chi connectivity index (χ0) is 24.9. The number of carbonyl (C=O) groups excluding carboxylic acids is 1. The highest BCUT2D eigenvalue weighted by atomic mass is 16.5. The second-order valence-corrected chi connectivity index (χ2v) is 8.98. The minimum Gasteiger partial charge on any atom is -0.491 e. The van der Waals surface area contributed by atoms with E-state index in [4.69, 9.17) is 9.72 Å². The Morgan fingerprint density at radius 2 is 1.91 bits per heavy atom. The van der Waals surface area contributed by atoms with Gasteiger partial charge in [-0.3, -0.25) is 14.2 Å². The van der Waals surface area contributed by atoms with Crippen molar-refractivity contribution in [2.45, 2.75) is 59.4 Å². The maximum atomic E-state index is 13.3. The van der Waals surface area contributed by atoms with E-state index in [1.54, 1.807) is 23.9 Å². The minimum absolute atomic E-state index is 0.0392. The molecule has 9 nitrogen and oxygen atoms in total. The summed E-state index contributed by atoms with van der Waals surface area (Å²) in [6.45, 7) is 11.0. The molecule has 186 valence electrons. The fraction of sp³-hybridized carbons (Fsp3) is 0.500. The molecule has 1 aliphatic carbocycles. The predicted octanol–water partition coefficient (Wildman–Crippen LogP) is 4.28. The summed E-state index contributed by atoms with van der Waals surface area (Å²) in [7, 11) is 0. The number of Topliss-reactive ketones (excluding diaryl/α,β-unsaturated/α-hetero) is 1. The van der Waals surface area contributed by atoms with Crippen LogP contribution in [-0.4, -0.2) is 56.4 Å². The SMILES string of the molecule is CCN(CC)CCOc1ccc(Nc2ncc3c(C)c(C(C)=O)c(=O)n(C4CCCC4)c3n2)nc1. The van der Waals surface area contributed by atoms with Crippen LogP contribution in [0.3, 0.4) is 0 Å². The molecule has 0 bridgehead atoms. The Kier molecular flexibility index (Phi) is 7.75. The first-order valence-electron chi connectivity index (χ1n) is 12.4. The van der Waals surface area contributed by atoms with E-state index in [1.807, 2.05) is 12.1 Å². The summed E-state index contributed by atoms with van der Waals surface area (Å²) < 4.78 is 7.51. The van der Waals surface area contributed by atoms with Gasteiger partial charge in [0.25, 0.3) is 5.56 Å². The molecule has 9 heteroatoms. The maximum absolute atomic E-state index is 13.3. The second kappa shape index (κ2) is 10.9. The summed E-state index contributed by atoms with van der Waals surface area (Å²) in [6.07, 6.45) is 7.28. The van der Waals surface area contributed by atoms with Crippen molar-refractivity contribution in [3.05, 3.63) is 46.0 Å². The number of aryl methyl sites for hydroxylation is 1. The van der Waals surface area contributed by atoms with Crippen LogP contribution in [0.5, 0.6) is 5.75 Å². The number of carbonyl (C=O) groups is 1. The van der Waals surface area contributed by atoms with Crippen molar-refractivity contribution in [3.8, 4) is 5.75 Å². The van der Waals surface area contributed by atoms with Crippen molar-refractivity contribution in [1.82, 2.24) is 24.4 Å². The topological polar surface area (TPSA) is 102 Å². The zero-order valence-corrected chi connectivity index (χ0v) is 21.0. The average Bonchev–Trinajstić information content (AvgIpc) is 3.37. The second-order valence-electron chi connectivity index (χ2n) is 8.98. The summed E-state index contributed by atoms with van der Waals surface area (Å²) in [4.78, 5) is 41.5. The lowest BCUT2D eigenvalue weighted by Gasteiger charge is -2.19. The van der Waals surface area contributed by atoms with Crippen LogP contribution in [0.4, 0.5) is 11.8 Å². The van der Waals surface area contributed by atoms with Crippen molar-refractivity contribution >= 4 is 28.6 Å². The Morgan fingerprint density at radius 3 is 2.54 bits per heavy atom. The third-order valence-electron chi connectivity index (χ3n) is 6.80. The van der Waals surface area contributed by atoms with Gasteiger partial charge in [0.2, 0.25) is 5.95 Å². The summed E-state index contributed by atoms with van der Waals surface area (Å²) in [5, 5.41) is 3.85. The third kappa shape index (κ3) is 5.35. The van der Waals surface area contributed by atoms with Crippen LogP contribution in [0.15, 0.2) is 29.3 Å². The molecule has 0 aromatic carbocycles. The van der Waals surface area contributed by atoms with Gasteiger partial charge < -0.3 is 15.0 Å². The number of anilines is 2. The van der Waals surface area contributed by atoms with E-state index >= 15 is 0 Å². The smallest absolute Gasteiger partial charge is 0.263 e. The van der Waals surface area contributed by atoms with E-state index in [-0.39, 0.29) is 22.9 Å². The van der Waals surface area contributed by atoms with E-state index in [2.05, 4.69) is 34.0 Å². The molecule has 4 rings (SSSR count). The van der Waals surface area contributed by atoms with E-state index < -0.39 is 0 Å². The van der Waals surface area contributed by atoms with Gasteiger partial charge in [0.05, 0.1) is 11.8 Å². The zero-order valence-electron chi connectivity index (χ0n) is 21.0. The number of hydrogen-bond donors (Lipinski definition) is 1. The quantitative estimate of drug-likeness (QED) is 0.431. The molecule has 1 saturated carbocycles. The number of ketones is 1. The van der Waals surface area contributed by atoms with Crippen molar-refractivity contribution in [1.29, 1.82) is 0 Å². The normalized spacial score (nSPS) is 14.1. The molecule has 0 aliphatic heterocycles. The average molecular weight is 479 g/mol. The lowest BCUT2D eigenvalue weighted by atomic mass is 10.0. The third-order valence-corrected chi connectivity index (χ3v) is 6.80. The highest BCUT2D eigenvalue weighted by molar-refractivity contribution is 5.99. The summed E-state index contributed by atoms with van der Waals surface area (Å²) >= 11 is 0. The number of likely N-dealkylation sites (N-methyl/N-ethyl adjacent to an activating group) is 1. The Labute approximate surface area is 205 Å². The van der Waals surface area contributed by atoms with Gasteiger partial charge in [-0.25, -0.2) is 9.97 Å². The van der Waals surface area contributed by atoms with Crippen LogP contribution in [-0.2, 0) is 0 Å². The number of pyridine rings is 2. The van der Waals surface area contributed by atoms with E-state index in [1.165, 1.54) is 6.92 Å². The van der Waals surface area contributed by atoms with Crippen LogP contribution in [0.1, 0.15) is 68.4 Å². The van der Waals surface area contributed by atoms with Gasteiger partial charge in [-0.05, 0) is 57.5 Å². The monoisotopic (exact) mass is 478 g/mol. The van der Waals surface area contributed by atoms with Crippen LogP contribution >= 0.6 is 0 Å². The molecule has 1 fully saturated rings. The molecule has 0 atom stereocenters. The van der Waals surface area contributed by atoms with Crippen LogP contribution in [0.2, 0.25) is 0 Å². The summed E-state index contributed by atoms with van der Waals surface area (Å²) in [6, 6.07) is 3.71. The summed E-state index contributed by atoms with van der Waals surface area (Å²) in [5.41, 5.74) is 1.15. The first-order valence-corrected chi connectivity index (χ1v) is 12.4. The largest absolute Gasteiger partial charge is 0.491 e. The lowest BCUT2D eigenvalue weighted by molar-refractivity contribution is 0.101. The maximum Gasteiger partial charge on any atom is 0.263 e. The Balaban J connectivity index is 1.59. The highest BCUT2D eigenvalue weighted by Gasteiger charge is 2.25. The van der Waals surface area contributed by atoms with Gasteiger partial charge in [-0.2, -0.15) is 4.98 Å². The van der Waals surface area contributed by atoms with Gasteiger partial charge in [0.15, 0.2) is 5.78 Å². The Bertz CT molecular complexity index is 1240. The lowest BCUT2D eigenvalue weighted by Crippen LogP contribution is -2.30. The van der Waals surface area contributed by atoms with E-state index in [0.29, 0.717) is 35.3 Å². The van der Waals surface area contributed by atoms with Crippen molar-refractivity contribution < 1.29 is 9.53 Å². The number of nitrogens with zero attached hydrogens (tertiary/aromatic N) is 5. The van der Waals surface area contributed by atoms with Crippen molar-refractivity contribution in [3.63, 3.8) is 0 Å². The van der Waals surface area contributed by atoms with Crippen LogP contribution in [0.25, 0.3) is 11.0 Å². The minimum atomic E-state index is -0.261. The number of ether oxygens (including phenoxy) is 1. The fourth-order valence-corrected chi connectivity index (χ4v) is 4.80. The van der Waals surface area contributed by atoms with Gasteiger partial charge in [-0.15, -0.1) is 0 Å². The molecule has 0 saturated heterocycles. The number of rotatable bonds is 10. The highest BCUT2D eigenvalue weighted by Crippen LogP contribution is 2.32. The molecule has 3 aromatic rings. The molecule has 1 aliphatic rings. The molecule has 3 heterocycles. The van der Waals surface area contributed by atoms with Gasteiger partial charge in [-0.1, -0.05) is 26.7 Å². The van der Waals surface area contributed by atoms with Gasteiger partial charge >= 0.3 is 0 Å². The van der Waals surface area contributed by atoms with E-state index in [0.717, 1.165) is 50.7 Å². The van der Waals surface area contributed by atoms with Crippen LogP contribution in [0, 0.1) is 6.92 Å². The summed E-state index contributed by atoms with van der Waals surface area (Å²) in [5.74, 6) is 1.39. The molecule has 0 amide bonds. The molecule has 0 spiro atoms. The van der Waals surface area contributed by atoms with E-state index in [9.17, 15) is 9.59 Å². The first kappa shape index (κ1) is 24.8. The molecule has 0 radical (unpaired) electrons. The van der Waals surface area contributed by atoms with Gasteiger partial charge in [0, 0.05) is 24.2 Å². The molecule has 3 aromatic heterocycles. The Morgan fingerprint density at radius 1 is 1.17 bits per heavy atom. The molecule has 0 unspecified atom stereocenters. The standard InChI is InChI=1S/C26H34N6O3/c1-5-31(6-2)13-14-35-20-11-12-22(27-15-20)29-26-28-16-21-17(3)23(18(4)33)25(34)32(24(21)30-26)19-9-7-8-10-19/h11-12,15-16,19H,5-10,13-14H2,1-4H3,(H,27,28,29,30). The van der Waals surface area contributed by atoms with Gasteiger partial charge in [0.1, 0.15) is 23.8 Å². The number of aromatic nitrogens is 4. The molecular formula is C26H34N6O3. The van der Waals surface area contributed by atoms with Crippen molar-refractivity contribution in [2.75, 3.05) is 31.6 Å².